The van der Waals surface area contributed by atoms with Crippen LogP contribution in [0.3, 0.4) is 0 Å². The van der Waals surface area contributed by atoms with E-state index in [-0.39, 0.29) is 28.8 Å². The van der Waals surface area contributed by atoms with Gasteiger partial charge in [-0.05, 0) is 85.7 Å². The Labute approximate surface area is 236 Å². The zero-order valence-corrected chi connectivity index (χ0v) is 22.7. The van der Waals surface area contributed by atoms with Gasteiger partial charge >= 0.3 is 0 Å². The lowest BCUT2D eigenvalue weighted by Crippen LogP contribution is -2.31. The molecule has 4 aromatic rings. The lowest BCUT2D eigenvalue weighted by molar-refractivity contribution is -0.384. The van der Waals surface area contributed by atoms with E-state index >= 15 is 0 Å². The molecule has 2 aliphatic rings. The van der Waals surface area contributed by atoms with Crippen LogP contribution in [0.4, 0.5) is 11.4 Å². The zero-order chi connectivity index (χ0) is 26.8. The molecule has 0 radical (unpaired) electrons. The number of nitro benzene ring substituents is 1. The monoisotopic (exact) mass is 557 g/mol. The maximum atomic E-state index is 11.0. The smallest absolute Gasteiger partial charge is 0.269 e. The van der Waals surface area contributed by atoms with Crippen molar-refractivity contribution in [2.45, 2.75) is 47.4 Å². The molecule has 0 saturated carbocycles. The highest BCUT2D eigenvalue weighted by Crippen LogP contribution is 2.42. The first-order valence-corrected chi connectivity index (χ1v) is 14.1. The fraction of sp³-hybridized carbons (Fsp3) is 0.241. The number of non-ortho nitro benzene ring substituents is 1. The predicted molar refractivity (Wildman–Crippen MR) is 155 cm³/mol. The predicted octanol–water partition coefficient (Wildman–Crippen LogP) is 6.30. The normalized spacial score (nSPS) is 20.8. The van der Waals surface area contributed by atoms with Crippen LogP contribution in [0, 0.1) is 10.1 Å². The van der Waals surface area contributed by atoms with Crippen molar-refractivity contribution in [1.82, 2.24) is 14.9 Å². The Morgan fingerprint density at radius 3 is 2.49 bits per heavy atom. The van der Waals surface area contributed by atoms with E-state index in [1.165, 1.54) is 12.1 Å². The number of hydrogen-bond donors (Lipinski definition) is 1. The lowest BCUT2D eigenvalue weighted by Gasteiger charge is -2.29. The molecule has 2 aromatic carbocycles. The molecule has 0 unspecified atom stereocenters. The zero-order valence-electron chi connectivity index (χ0n) is 21.1. The Kier molecular flexibility index (Phi) is 7.32. The Hall–Kier alpha value is -3.73. The highest BCUT2D eigenvalue weighted by atomic mass is 32.2. The Morgan fingerprint density at radius 2 is 1.82 bits per heavy atom. The average molecular weight is 558 g/mol. The van der Waals surface area contributed by atoms with Crippen molar-refractivity contribution in [3.05, 3.63) is 113 Å². The van der Waals surface area contributed by atoms with Crippen LogP contribution in [0.2, 0.25) is 0 Å². The number of nitro groups is 1. The van der Waals surface area contributed by atoms with Crippen LogP contribution in [0.15, 0.2) is 101 Å². The second-order valence-electron chi connectivity index (χ2n) is 9.56. The third kappa shape index (κ3) is 5.40. The van der Waals surface area contributed by atoms with Crippen molar-refractivity contribution in [2.75, 3.05) is 11.5 Å². The molecular weight excluding hydrogens is 530 g/mol. The van der Waals surface area contributed by atoms with Gasteiger partial charge in [-0.25, -0.2) is 0 Å². The number of hydrogen-bond acceptors (Lipinski definition) is 6. The quantitative estimate of drug-likeness (QED) is 0.154. The van der Waals surface area contributed by atoms with E-state index in [2.05, 4.69) is 62.4 Å². The van der Waals surface area contributed by atoms with E-state index < -0.39 is 0 Å². The van der Waals surface area contributed by atoms with Crippen molar-refractivity contribution in [2.24, 2.45) is 0 Å². The number of anilines is 1. The molecule has 198 valence electrons. The van der Waals surface area contributed by atoms with Gasteiger partial charge in [0.1, 0.15) is 6.04 Å². The van der Waals surface area contributed by atoms with E-state index in [1.807, 2.05) is 24.4 Å². The molecule has 39 heavy (non-hydrogen) atoms. The molecule has 2 aromatic heterocycles. The number of aromatic nitrogens is 2. The van der Waals surface area contributed by atoms with E-state index in [4.69, 9.17) is 17.0 Å². The summed E-state index contributed by atoms with van der Waals surface area (Å²) in [5.74, 6) is 0. The van der Waals surface area contributed by atoms with Crippen molar-refractivity contribution in [3.8, 4) is 0 Å². The molecule has 0 spiro atoms. The summed E-state index contributed by atoms with van der Waals surface area (Å²) in [5, 5.41) is 15.1. The minimum atomic E-state index is -0.387. The van der Waals surface area contributed by atoms with Gasteiger partial charge in [0.25, 0.3) is 5.69 Å². The topological polar surface area (TPSA) is 85.5 Å². The number of rotatable bonds is 8. The average Bonchev–Trinajstić information content (AvgIpc) is 3.71. The number of pyridine rings is 1. The van der Waals surface area contributed by atoms with Crippen LogP contribution in [-0.2, 0) is 11.3 Å². The summed E-state index contributed by atoms with van der Waals surface area (Å²) in [4.78, 5) is 19.4. The molecule has 2 saturated heterocycles. The van der Waals surface area contributed by atoms with Crippen LogP contribution in [0.1, 0.15) is 36.3 Å². The fourth-order valence-electron chi connectivity index (χ4n) is 5.25. The summed E-state index contributed by atoms with van der Waals surface area (Å²) >= 11 is 7.46. The first-order valence-electron chi connectivity index (χ1n) is 12.9. The summed E-state index contributed by atoms with van der Waals surface area (Å²) < 4.78 is 8.23. The Bertz CT molecular complexity index is 1450. The van der Waals surface area contributed by atoms with E-state index in [9.17, 15) is 10.1 Å². The van der Waals surface area contributed by atoms with E-state index in [1.54, 1.807) is 23.9 Å². The molecule has 3 atom stereocenters. The van der Waals surface area contributed by atoms with Gasteiger partial charge in [0, 0.05) is 58.9 Å². The van der Waals surface area contributed by atoms with Crippen molar-refractivity contribution < 1.29 is 9.66 Å². The third-order valence-electron chi connectivity index (χ3n) is 7.09. The van der Waals surface area contributed by atoms with Gasteiger partial charge in [-0.15, -0.1) is 0 Å². The van der Waals surface area contributed by atoms with Crippen molar-refractivity contribution in [3.63, 3.8) is 0 Å². The Balaban J connectivity index is 1.30. The maximum Gasteiger partial charge on any atom is 0.269 e. The van der Waals surface area contributed by atoms with E-state index in [0.717, 1.165) is 52.9 Å². The van der Waals surface area contributed by atoms with E-state index in [0.29, 0.717) is 5.11 Å². The van der Waals surface area contributed by atoms with Crippen LogP contribution in [0.25, 0.3) is 0 Å². The van der Waals surface area contributed by atoms with Gasteiger partial charge in [0.15, 0.2) is 5.11 Å². The van der Waals surface area contributed by atoms with Gasteiger partial charge < -0.3 is 19.5 Å². The molecule has 10 heteroatoms. The second kappa shape index (κ2) is 11.2. The fourth-order valence-corrected chi connectivity index (χ4v) is 6.41. The Morgan fingerprint density at radius 1 is 1.05 bits per heavy atom. The third-order valence-corrected chi connectivity index (χ3v) is 8.42. The number of nitrogens with zero attached hydrogens (tertiary/aromatic N) is 4. The lowest BCUT2D eigenvalue weighted by atomic mass is 10.0. The summed E-state index contributed by atoms with van der Waals surface area (Å²) in [6.07, 6.45) is 6.32. The number of thiocarbonyl (C=S) groups is 1. The maximum absolute atomic E-state index is 11.0. The van der Waals surface area contributed by atoms with Gasteiger partial charge in [-0.2, -0.15) is 0 Å². The summed E-state index contributed by atoms with van der Waals surface area (Å²) in [6, 6.07) is 24.8. The van der Waals surface area contributed by atoms with Gasteiger partial charge in [0.2, 0.25) is 0 Å². The van der Waals surface area contributed by atoms with Gasteiger partial charge in [-0.3, -0.25) is 15.1 Å². The molecule has 0 amide bonds. The van der Waals surface area contributed by atoms with Crippen LogP contribution in [0.5, 0.6) is 0 Å². The summed E-state index contributed by atoms with van der Waals surface area (Å²) in [7, 11) is 0. The minimum Gasteiger partial charge on any atom is -0.376 e. The van der Waals surface area contributed by atoms with Crippen LogP contribution in [-0.4, -0.2) is 32.3 Å². The highest BCUT2D eigenvalue weighted by Gasteiger charge is 2.42. The molecule has 6 rings (SSSR count). The molecule has 2 fully saturated rings. The molecule has 8 nitrogen and oxygen atoms in total. The van der Waals surface area contributed by atoms with Crippen LogP contribution < -0.4 is 10.2 Å². The summed E-state index contributed by atoms with van der Waals surface area (Å²) in [6.45, 7) is 1.63. The summed E-state index contributed by atoms with van der Waals surface area (Å²) in [5.41, 5.74) is 3.15. The van der Waals surface area contributed by atoms with Gasteiger partial charge in [-0.1, -0.05) is 17.8 Å². The largest absolute Gasteiger partial charge is 0.376 e. The van der Waals surface area contributed by atoms with Crippen molar-refractivity contribution >= 4 is 40.5 Å². The molecule has 2 aliphatic heterocycles. The molecule has 4 heterocycles. The van der Waals surface area contributed by atoms with Crippen LogP contribution >= 0.6 is 24.0 Å². The highest BCUT2D eigenvalue weighted by molar-refractivity contribution is 7.99. The second-order valence-corrected chi connectivity index (χ2v) is 11.1. The molecule has 1 N–H and O–H groups in total. The standard InChI is InChI=1S/C29H27N5O3S2/c35-34(36)21-10-14-24(15-11-21)39-23-12-8-20(9-13-23)33-28(27(31-29(33)38)25-6-1-2-16-30-25)26-7-3-17-32(26)19-22-5-4-18-37-22/h1-3,6-17,22,27-28H,4-5,18-19H2,(H,31,38)/t22-,27+,28-/m0/s1. The first kappa shape index (κ1) is 25.5. The minimum absolute atomic E-state index is 0.0856. The molecular formula is C29H27N5O3S2. The van der Waals surface area contributed by atoms with Crippen molar-refractivity contribution in [1.29, 1.82) is 0 Å². The first-order chi connectivity index (χ1) is 19.1. The molecule has 0 aliphatic carbocycles. The van der Waals surface area contributed by atoms with Gasteiger partial charge in [0.05, 0.1) is 22.8 Å². The number of nitrogens with one attached hydrogen (secondary N) is 1. The SMILES string of the molecule is O=[N+]([O-])c1ccc(Sc2ccc(N3C(=S)N[C@H](c4ccccn4)[C@@H]3c3cccn3C[C@@H]3CCCO3)cc2)cc1. The number of benzene rings is 2. The number of ether oxygens (including phenoxy) is 1. The molecule has 0 bridgehead atoms.